The van der Waals surface area contributed by atoms with Crippen molar-refractivity contribution < 1.29 is 19.4 Å². The Balaban J connectivity index is 2.53. The number of hydrogen-bond acceptors (Lipinski definition) is 4. The Morgan fingerprint density at radius 1 is 1.45 bits per heavy atom. The smallest absolute Gasteiger partial charge is 0.255 e. The van der Waals surface area contributed by atoms with Crippen LogP contribution in [0.1, 0.15) is 16.8 Å². The van der Waals surface area contributed by atoms with E-state index < -0.39 is 0 Å². The number of aliphatic hydroxyl groups is 1. The highest BCUT2D eigenvalue weighted by molar-refractivity contribution is 14.1. The highest BCUT2D eigenvalue weighted by atomic mass is 127. The zero-order chi connectivity index (χ0) is 15.0. The summed E-state index contributed by atoms with van der Waals surface area (Å²) in [5.41, 5.74) is 0.411. The van der Waals surface area contributed by atoms with Gasteiger partial charge in [-0.05, 0) is 41.1 Å². The summed E-state index contributed by atoms with van der Waals surface area (Å²) in [5.74, 6) is 0.259. The number of aliphatic hydroxyl groups excluding tert-OH is 1. The molecule has 0 bridgehead atoms. The predicted octanol–water partition coefficient (Wildman–Crippen LogP) is 2.08. The fourth-order valence-corrected chi connectivity index (χ4v) is 2.12. The Morgan fingerprint density at radius 2 is 2.20 bits per heavy atom. The molecule has 0 aliphatic rings. The van der Waals surface area contributed by atoms with E-state index in [9.17, 15) is 4.79 Å². The second-order valence-electron chi connectivity index (χ2n) is 3.91. The van der Waals surface area contributed by atoms with Crippen LogP contribution in [0.15, 0.2) is 12.1 Å². The normalized spacial score (nSPS) is 10.4. The average molecular weight is 414 g/mol. The first kappa shape index (κ1) is 17.5. The molecule has 20 heavy (non-hydrogen) atoms. The molecule has 0 radical (unpaired) electrons. The zero-order valence-corrected chi connectivity index (χ0v) is 14.0. The Labute approximate surface area is 136 Å². The van der Waals surface area contributed by atoms with Crippen LogP contribution in [0.3, 0.4) is 0 Å². The van der Waals surface area contributed by atoms with Crippen LogP contribution in [-0.2, 0) is 4.74 Å². The molecule has 1 aromatic rings. The van der Waals surface area contributed by atoms with E-state index in [1.165, 1.54) is 7.11 Å². The highest BCUT2D eigenvalue weighted by Gasteiger charge is 2.14. The van der Waals surface area contributed by atoms with Gasteiger partial charge in [-0.15, -0.1) is 0 Å². The summed E-state index contributed by atoms with van der Waals surface area (Å²) < 4.78 is 11.1. The SMILES string of the molecule is COc1cc(I)c(Cl)cc1C(=O)NCCCOCCO. The van der Waals surface area contributed by atoms with Gasteiger partial charge in [-0.2, -0.15) is 0 Å². The summed E-state index contributed by atoms with van der Waals surface area (Å²) in [7, 11) is 1.51. The van der Waals surface area contributed by atoms with E-state index in [0.29, 0.717) is 42.5 Å². The van der Waals surface area contributed by atoms with Crippen molar-refractivity contribution in [1.29, 1.82) is 0 Å². The lowest BCUT2D eigenvalue weighted by Crippen LogP contribution is -2.26. The number of rotatable bonds is 8. The summed E-state index contributed by atoms with van der Waals surface area (Å²) in [5, 5.41) is 11.8. The fourth-order valence-electron chi connectivity index (χ4n) is 1.51. The van der Waals surface area contributed by atoms with E-state index in [1.807, 2.05) is 0 Å². The van der Waals surface area contributed by atoms with Gasteiger partial charge in [0.05, 0.1) is 30.9 Å². The zero-order valence-electron chi connectivity index (χ0n) is 11.1. The molecule has 0 aliphatic heterocycles. The molecule has 1 rings (SSSR count). The van der Waals surface area contributed by atoms with Crippen LogP contribution >= 0.6 is 34.2 Å². The van der Waals surface area contributed by atoms with Crippen molar-refractivity contribution in [1.82, 2.24) is 5.32 Å². The molecule has 0 fully saturated rings. The van der Waals surface area contributed by atoms with Crippen molar-refractivity contribution >= 4 is 40.1 Å². The molecule has 0 saturated carbocycles. The predicted molar refractivity (Wildman–Crippen MR) is 85.6 cm³/mol. The Kier molecular flexibility index (Phi) is 8.20. The summed E-state index contributed by atoms with van der Waals surface area (Å²) in [4.78, 5) is 12.0. The second-order valence-corrected chi connectivity index (χ2v) is 5.48. The Morgan fingerprint density at radius 3 is 2.85 bits per heavy atom. The van der Waals surface area contributed by atoms with Gasteiger partial charge in [0.25, 0.3) is 5.91 Å². The monoisotopic (exact) mass is 413 g/mol. The molecule has 0 atom stereocenters. The summed E-state index contributed by atoms with van der Waals surface area (Å²) in [6.45, 7) is 1.29. The topological polar surface area (TPSA) is 67.8 Å². The molecule has 1 amide bonds. The molecule has 1 aromatic carbocycles. The Hall–Kier alpha value is -0.570. The first-order valence-corrected chi connectivity index (χ1v) is 7.55. The molecule has 0 heterocycles. The van der Waals surface area contributed by atoms with E-state index >= 15 is 0 Å². The quantitative estimate of drug-likeness (QED) is 0.506. The van der Waals surface area contributed by atoms with Crippen LogP contribution in [0.4, 0.5) is 0 Å². The fraction of sp³-hybridized carbons (Fsp3) is 0.462. The van der Waals surface area contributed by atoms with Crippen LogP contribution in [0.5, 0.6) is 5.75 Å². The number of benzene rings is 1. The van der Waals surface area contributed by atoms with Gasteiger partial charge in [0.1, 0.15) is 5.75 Å². The molecular formula is C13H17ClINO4. The van der Waals surface area contributed by atoms with Gasteiger partial charge >= 0.3 is 0 Å². The summed E-state index contributed by atoms with van der Waals surface area (Å²) in [6, 6.07) is 3.32. The van der Waals surface area contributed by atoms with Gasteiger partial charge in [0, 0.05) is 16.7 Å². The third-order valence-electron chi connectivity index (χ3n) is 2.47. The number of amides is 1. The minimum Gasteiger partial charge on any atom is -0.496 e. The molecular weight excluding hydrogens is 397 g/mol. The molecule has 0 aromatic heterocycles. The molecule has 112 valence electrons. The van der Waals surface area contributed by atoms with Crippen LogP contribution in [0.2, 0.25) is 5.02 Å². The van der Waals surface area contributed by atoms with Gasteiger partial charge in [-0.1, -0.05) is 11.6 Å². The van der Waals surface area contributed by atoms with Gasteiger partial charge in [0.2, 0.25) is 0 Å². The average Bonchev–Trinajstić information content (AvgIpc) is 2.44. The third kappa shape index (κ3) is 5.43. The van der Waals surface area contributed by atoms with Crippen molar-refractivity contribution in [2.24, 2.45) is 0 Å². The number of nitrogens with one attached hydrogen (secondary N) is 1. The molecule has 0 saturated heterocycles. The minimum atomic E-state index is -0.234. The summed E-state index contributed by atoms with van der Waals surface area (Å²) in [6.07, 6.45) is 0.673. The number of carbonyl (C=O) groups is 1. The molecule has 0 unspecified atom stereocenters. The number of methoxy groups -OCH3 is 1. The maximum absolute atomic E-state index is 12.0. The second kappa shape index (κ2) is 9.38. The first-order chi connectivity index (χ1) is 9.60. The van der Waals surface area contributed by atoms with Gasteiger partial charge in [-0.25, -0.2) is 0 Å². The number of hydrogen-bond donors (Lipinski definition) is 2. The van der Waals surface area contributed by atoms with Crippen LogP contribution < -0.4 is 10.1 Å². The van der Waals surface area contributed by atoms with Gasteiger partial charge in [0.15, 0.2) is 0 Å². The number of carbonyl (C=O) groups excluding carboxylic acids is 1. The lowest BCUT2D eigenvalue weighted by molar-refractivity contribution is 0.0866. The largest absolute Gasteiger partial charge is 0.496 e. The molecule has 2 N–H and O–H groups in total. The Bertz CT molecular complexity index is 456. The molecule has 5 nitrogen and oxygen atoms in total. The standard InChI is InChI=1S/C13H17ClINO4/c1-19-12-8-11(15)10(14)7-9(12)13(18)16-3-2-5-20-6-4-17/h7-8,17H,2-6H2,1H3,(H,16,18). The van der Waals surface area contributed by atoms with Crippen molar-refractivity contribution in [3.05, 3.63) is 26.3 Å². The first-order valence-electron chi connectivity index (χ1n) is 6.10. The van der Waals surface area contributed by atoms with Crippen molar-refractivity contribution in [2.75, 3.05) is 33.5 Å². The van der Waals surface area contributed by atoms with Crippen LogP contribution in [0, 0.1) is 3.57 Å². The van der Waals surface area contributed by atoms with E-state index in [4.69, 9.17) is 26.2 Å². The lowest BCUT2D eigenvalue weighted by Gasteiger charge is -2.11. The lowest BCUT2D eigenvalue weighted by atomic mass is 10.2. The van der Waals surface area contributed by atoms with Crippen molar-refractivity contribution in [3.8, 4) is 5.75 Å². The van der Waals surface area contributed by atoms with Gasteiger partial charge < -0.3 is 19.9 Å². The summed E-state index contributed by atoms with van der Waals surface area (Å²) >= 11 is 8.10. The third-order valence-corrected chi connectivity index (χ3v) is 4.00. The molecule has 0 spiro atoms. The number of halogens is 2. The van der Waals surface area contributed by atoms with Crippen molar-refractivity contribution in [3.63, 3.8) is 0 Å². The number of ether oxygens (including phenoxy) is 2. The highest BCUT2D eigenvalue weighted by Crippen LogP contribution is 2.28. The molecule has 7 heteroatoms. The van der Waals surface area contributed by atoms with Crippen LogP contribution in [0.25, 0.3) is 0 Å². The maximum atomic E-state index is 12.0. The maximum Gasteiger partial charge on any atom is 0.255 e. The van der Waals surface area contributed by atoms with E-state index in [2.05, 4.69) is 27.9 Å². The van der Waals surface area contributed by atoms with Gasteiger partial charge in [-0.3, -0.25) is 4.79 Å². The van der Waals surface area contributed by atoms with Crippen molar-refractivity contribution in [2.45, 2.75) is 6.42 Å². The van der Waals surface area contributed by atoms with E-state index in [1.54, 1.807) is 12.1 Å². The van der Waals surface area contributed by atoms with E-state index in [-0.39, 0.29) is 12.5 Å². The minimum absolute atomic E-state index is 0.00467. The van der Waals surface area contributed by atoms with E-state index in [0.717, 1.165) is 3.57 Å². The van der Waals surface area contributed by atoms with Crippen LogP contribution in [-0.4, -0.2) is 44.5 Å². The molecule has 0 aliphatic carbocycles.